The first-order chi connectivity index (χ1) is 16.8. The SMILES string of the molecule is C[C@@H]([C@H](O)c1ccccc1)N(C(=O)c1ccc(Cl)cc1Cl)c1cc(-c2ccccc2)sc1C(=O)O. The summed E-state index contributed by atoms with van der Waals surface area (Å²) in [6.45, 7) is 1.67. The number of aromatic carboxylic acids is 1. The number of halogens is 2. The lowest BCUT2D eigenvalue weighted by molar-refractivity contribution is 0.0702. The second-order valence-electron chi connectivity index (χ2n) is 7.89. The lowest BCUT2D eigenvalue weighted by Gasteiger charge is -2.33. The molecule has 1 aromatic heterocycles. The van der Waals surface area contributed by atoms with E-state index in [1.54, 1.807) is 37.3 Å². The number of nitrogens with zero attached hydrogens (tertiary/aromatic N) is 1. The molecule has 0 fully saturated rings. The molecule has 1 heterocycles. The van der Waals surface area contributed by atoms with Gasteiger partial charge in [-0.1, -0.05) is 83.9 Å². The molecule has 35 heavy (non-hydrogen) atoms. The number of amides is 1. The fourth-order valence-electron chi connectivity index (χ4n) is 3.83. The summed E-state index contributed by atoms with van der Waals surface area (Å²) in [7, 11) is 0. The van der Waals surface area contributed by atoms with Crippen molar-refractivity contribution in [2.75, 3.05) is 4.90 Å². The monoisotopic (exact) mass is 525 g/mol. The second kappa shape index (κ2) is 10.6. The number of hydrogen-bond donors (Lipinski definition) is 2. The molecule has 4 aromatic rings. The Balaban J connectivity index is 1.88. The Labute approximate surface area is 216 Å². The molecule has 8 heteroatoms. The first kappa shape index (κ1) is 24.9. The molecule has 0 saturated carbocycles. The van der Waals surface area contributed by atoms with Gasteiger partial charge in [-0.15, -0.1) is 11.3 Å². The van der Waals surface area contributed by atoms with Crippen molar-refractivity contribution < 1.29 is 19.8 Å². The van der Waals surface area contributed by atoms with E-state index in [2.05, 4.69) is 0 Å². The predicted octanol–water partition coefficient (Wildman–Crippen LogP) is 7.19. The number of anilines is 1. The van der Waals surface area contributed by atoms with Gasteiger partial charge >= 0.3 is 5.97 Å². The molecule has 4 rings (SSSR count). The van der Waals surface area contributed by atoms with Crippen LogP contribution in [0.1, 0.15) is 38.6 Å². The molecular formula is C27H21Cl2NO4S. The molecule has 2 atom stereocenters. The molecule has 0 bridgehead atoms. The van der Waals surface area contributed by atoms with Crippen LogP contribution in [0.15, 0.2) is 84.9 Å². The van der Waals surface area contributed by atoms with Gasteiger partial charge in [0.05, 0.1) is 28.4 Å². The fraction of sp³-hybridized carbons (Fsp3) is 0.111. The van der Waals surface area contributed by atoms with Gasteiger partial charge < -0.3 is 15.1 Å². The Hall–Kier alpha value is -3.16. The van der Waals surface area contributed by atoms with Crippen LogP contribution in [0.5, 0.6) is 0 Å². The maximum absolute atomic E-state index is 13.9. The van der Waals surface area contributed by atoms with E-state index in [1.165, 1.54) is 23.1 Å². The van der Waals surface area contributed by atoms with Gasteiger partial charge in [0, 0.05) is 9.90 Å². The van der Waals surface area contributed by atoms with E-state index in [9.17, 15) is 19.8 Å². The van der Waals surface area contributed by atoms with Crippen molar-refractivity contribution in [3.63, 3.8) is 0 Å². The highest BCUT2D eigenvalue weighted by molar-refractivity contribution is 7.18. The van der Waals surface area contributed by atoms with E-state index >= 15 is 0 Å². The Morgan fingerprint density at radius 2 is 1.54 bits per heavy atom. The molecule has 1 amide bonds. The van der Waals surface area contributed by atoms with Gasteiger partial charge in [-0.2, -0.15) is 0 Å². The number of aliphatic hydroxyl groups is 1. The van der Waals surface area contributed by atoms with E-state index in [0.29, 0.717) is 15.5 Å². The summed E-state index contributed by atoms with van der Waals surface area (Å²) in [6, 6.07) is 23.5. The van der Waals surface area contributed by atoms with E-state index in [1.807, 2.05) is 36.4 Å². The number of thiophene rings is 1. The van der Waals surface area contributed by atoms with E-state index in [-0.39, 0.29) is 21.2 Å². The molecule has 0 aliphatic heterocycles. The predicted molar refractivity (Wildman–Crippen MR) is 141 cm³/mol. The third-order valence-corrected chi connectivity index (χ3v) is 7.32. The largest absolute Gasteiger partial charge is 0.477 e. The van der Waals surface area contributed by atoms with Gasteiger partial charge in [-0.05, 0) is 42.3 Å². The van der Waals surface area contributed by atoms with Crippen LogP contribution >= 0.6 is 34.5 Å². The van der Waals surface area contributed by atoms with Gasteiger partial charge in [0.25, 0.3) is 5.91 Å². The highest BCUT2D eigenvalue weighted by Gasteiger charge is 2.34. The van der Waals surface area contributed by atoms with E-state index in [4.69, 9.17) is 23.2 Å². The Morgan fingerprint density at radius 3 is 2.14 bits per heavy atom. The molecule has 0 radical (unpaired) electrons. The number of rotatable bonds is 7. The maximum atomic E-state index is 13.9. The summed E-state index contributed by atoms with van der Waals surface area (Å²) in [5, 5.41) is 21.7. The molecule has 0 spiro atoms. The minimum Gasteiger partial charge on any atom is -0.477 e. The summed E-state index contributed by atoms with van der Waals surface area (Å²) in [6.07, 6.45) is -1.09. The van der Waals surface area contributed by atoms with Gasteiger partial charge in [-0.3, -0.25) is 4.79 Å². The molecule has 3 aromatic carbocycles. The van der Waals surface area contributed by atoms with Crippen LogP contribution in [0.4, 0.5) is 5.69 Å². The number of carboxylic acid groups (broad SMARTS) is 1. The molecule has 0 aliphatic carbocycles. The first-order valence-corrected chi connectivity index (χ1v) is 12.3. The van der Waals surface area contributed by atoms with Gasteiger partial charge in [0.1, 0.15) is 4.88 Å². The normalized spacial score (nSPS) is 12.7. The molecular weight excluding hydrogens is 505 g/mol. The molecule has 178 valence electrons. The van der Waals surface area contributed by atoms with Crippen LogP contribution in [-0.4, -0.2) is 28.1 Å². The minimum atomic E-state index is -1.17. The van der Waals surface area contributed by atoms with Crippen LogP contribution in [-0.2, 0) is 0 Å². The third kappa shape index (κ3) is 5.26. The van der Waals surface area contributed by atoms with Crippen LogP contribution < -0.4 is 4.90 Å². The van der Waals surface area contributed by atoms with Crippen LogP contribution in [0, 0.1) is 0 Å². The number of hydrogen-bond acceptors (Lipinski definition) is 4. The zero-order valence-corrected chi connectivity index (χ0v) is 20.9. The Morgan fingerprint density at radius 1 is 0.914 bits per heavy atom. The number of carbonyl (C=O) groups is 2. The summed E-state index contributed by atoms with van der Waals surface area (Å²) in [5.41, 5.74) is 1.74. The number of carboxylic acids is 1. The average Bonchev–Trinajstić information content (AvgIpc) is 3.30. The molecule has 0 saturated heterocycles. The number of carbonyl (C=O) groups excluding carboxylic acids is 1. The summed E-state index contributed by atoms with van der Waals surface area (Å²) in [4.78, 5) is 28.1. The molecule has 0 aliphatic rings. The minimum absolute atomic E-state index is 0.0191. The smallest absolute Gasteiger partial charge is 0.348 e. The Bertz CT molecular complexity index is 1360. The Kier molecular flexibility index (Phi) is 7.57. The van der Waals surface area contributed by atoms with Crippen LogP contribution in [0.2, 0.25) is 10.0 Å². The van der Waals surface area contributed by atoms with E-state index in [0.717, 1.165) is 16.9 Å². The van der Waals surface area contributed by atoms with Crippen molar-refractivity contribution >= 4 is 52.1 Å². The second-order valence-corrected chi connectivity index (χ2v) is 9.79. The third-order valence-electron chi connectivity index (χ3n) is 5.61. The van der Waals surface area contributed by atoms with Crippen LogP contribution in [0.25, 0.3) is 10.4 Å². The van der Waals surface area contributed by atoms with Crippen molar-refractivity contribution in [2.24, 2.45) is 0 Å². The van der Waals surface area contributed by atoms with Gasteiger partial charge in [-0.25, -0.2) is 4.79 Å². The van der Waals surface area contributed by atoms with E-state index < -0.39 is 24.0 Å². The van der Waals surface area contributed by atoms with Crippen LogP contribution in [0.3, 0.4) is 0 Å². The fourth-order valence-corrected chi connectivity index (χ4v) is 5.32. The molecule has 2 N–H and O–H groups in total. The zero-order valence-electron chi connectivity index (χ0n) is 18.6. The quantitative estimate of drug-likeness (QED) is 0.267. The highest BCUT2D eigenvalue weighted by atomic mass is 35.5. The standard InChI is InChI=1S/C27H21Cl2NO4S/c1-16(24(31)18-10-6-3-7-11-18)30(26(32)20-13-12-19(28)14-21(20)29)22-15-23(35-25(22)27(33)34)17-8-4-2-5-9-17/h2-16,24,31H,1H3,(H,33,34)/t16-,24-/m0/s1. The van der Waals surface area contributed by atoms with Gasteiger partial charge in [0.2, 0.25) is 0 Å². The van der Waals surface area contributed by atoms with Crippen molar-refractivity contribution in [3.05, 3.63) is 111 Å². The topological polar surface area (TPSA) is 77.8 Å². The van der Waals surface area contributed by atoms with Gasteiger partial charge in [0.15, 0.2) is 0 Å². The lowest BCUT2D eigenvalue weighted by atomic mass is 10.0. The summed E-state index contributed by atoms with van der Waals surface area (Å²) in [5.74, 6) is -1.72. The summed E-state index contributed by atoms with van der Waals surface area (Å²) >= 11 is 13.4. The molecule has 5 nitrogen and oxygen atoms in total. The van der Waals surface area contributed by atoms with Crippen molar-refractivity contribution in [1.82, 2.24) is 0 Å². The summed E-state index contributed by atoms with van der Waals surface area (Å²) < 4.78 is 0. The van der Waals surface area contributed by atoms with Crippen molar-refractivity contribution in [2.45, 2.75) is 19.1 Å². The lowest BCUT2D eigenvalue weighted by Crippen LogP contribution is -2.43. The van der Waals surface area contributed by atoms with Crippen molar-refractivity contribution in [3.8, 4) is 10.4 Å². The molecule has 0 unspecified atom stereocenters. The highest BCUT2D eigenvalue weighted by Crippen LogP contribution is 2.40. The average molecular weight is 526 g/mol. The zero-order chi connectivity index (χ0) is 25.1. The number of aliphatic hydroxyl groups excluding tert-OH is 1. The first-order valence-electron chi connectivity index (χ1n) is 10.7. The maximum Gasteiger partial charge on any atom is 0.348 e. The number of benzene rings is 3. The van der Waals surface area contributed by atoms with Crippen molar-refractivity contribution in [1.29, 1.82) is 0 Å².